The highest BCUT2D eigenvalue weighted by Crippen LogP contribution is 2.43. The monoisotopic (exact) mass is 635 g/mol. The number of ether oxygens (including phenoxy) is 2. The molecule has 0 aromatic heterocycles. The third-order valence-corrected chi connectivity index (χ3v) is 8.12. The maximum Gasteiger partial charge on any atom is 0.472 e. The first kappa shape index (κ1) is 42.0. The molecule has 0 spiro atoms. The molecule has 0 aliphatic carbocycles. The van der Waals surface area contributed by atoms with Crippen molar-refractivity contribution in [3.05, 3.63) is 0 Å². The molecule has 256 valence electrons. The SMILES string of the molecule is CCCCCCCCCCCC(=O)OCC(COP(=O)(O)OCCNC(C)(C)C)OC(=O)CCCCCCCCCCC. The lowest BCUT2D eigenvalue weighted by molar-refractivity contribution is -0.161. The third kappa shape index (κ3) is 30.8. The van der Waals surface area contributed by atoms with E-state index in [0.717, 1.165) is 32.1 Å². The van der Waals surface area contributed by atoms with Crippen LogP contribution in [0.5, 0.6) is 0 Å². The van der Waals surface area contributed by atoms with Gasteiger partial charge in [0, 0.05) is 24.9 Å². The average molecular weight is 636 g/mol. The Balaban J connectivity index is 4.52. The number of esters is 2. The molecule has 10 heteroatoms. The van der Waals surface area contributed by atoms with E-state index in [1.807, 2.05) is 20.8 Å². The predicted octanol–water partition coefficient (Wildman–Crippen LogP) is 8.80. The normalized spacial score (nSPS) is 13.9. The van der Waals surface area contributed by atoms with Crippen molar-refractivity contribution in [2.24, 2.45) is 0 Å². The van der Waals surface area contributed by atoms with Crippen molar-refractivity contribution >= 4 is 19.8 Å². The van der Waals surface area contributed by atoms with E-state index >= 15 is 0 Å². The lowest BCUT2D eigenvalue weighted by Crippen LogP contribution is -2.37. The second-order valence-electron chi connectivity index (χ2n) is 12.7. The molecule has 2 unspecified atom stereocenters. The number of hydrogen-bond acceptors (Lipinski definition) is 8. The Kier molecular flexibility index (Phi) is 26.7. The van der Waals surface area contributed by atoms with Crippen LogP contribution in [0.25, 0.3) is 0 Å². The number of carbonyl (C=O) groups is 2. The van der Waals surface area contributed by atoms with Gasteiger partial charge in [0.25, 0.3) is 0 Å². The molecule has 0 rings (SSSR count). The molecule has 0 radical (unpaired) electrons. The maximum absolute atomic E-state index is 12.5. The van der Waals surface area contributed by atoms with Crippen LogP contribution in [0.15, 0.2) is 0 Å². The first-order chi connectivity index (χ1) is 20.5. The van der Waals surface area contributed by atoms with E-state index in [9.17, 15) is 19.0 Å². The number of unbranched alkanes of at least 4 members (excludes halogenated alkanes) is 16. The molecule has 9 nitrogen and oxygen atoms in total. The molecule has 43 heavy (non-hydrogen) atoms. The molecule has 2 N–H and O–H groups in total. The maximum atomic E-state index is 12.5. The predicted molar refractivity (Wildman–Crippen MR) is 174 cm³/mol. The smallest absolute Gasteiger partial charge is 0.462 e. The van der Waals surface area contributed by atoms with E-state index in [2.05, 4.69) is 19.2 Å². The summed E-state index contributed by atoms with van der Waals surface area (Å²) in [6, 6.07) is 0. The number of rotatable bonds is 30. The summed E-state index contributed by atoms with van der Waals surface area (Å²) < 4.78 is 33.3. The molecular weight excluding hydrogens is 569 g/mol. The minimum Gasteiger partial charge on any atom is -0.462 e. The molecule has 0 aromatic carbocycles. The fraction of sp³-hybridized carbons (Fsp3) is 0.939. The Hall–Kier alpha value is -0.990. The number of carbonyl (C=O) groups excluding carboxylic acids is 2. The Labute approximate surface area is 263 Å². The average Bonchev–Trinajstić information content (AvgIpc) is 2.94. The van der Waals surface area contributed by atoms with Gasteiger partial charge in [-0.2, -0.15) is 0 Å². The number of hydrogen-bond donors (Lipinski definition) is 2. The van der Waals surface area contributed by atoms with Crippen LogP contribution in [-0.4, -0.2) is 54.8 Å². The fourth-order valence-corrected chi connectivity index (χ4v) is 5.33. The molecule has 0 aliphatic heterocycles. The van der Waals surface area contributed by atoms with Crippen molar-refractivity contribution in [1.29, 1.82) is 0 Å². The molecule has 0 aromatic rings. The van der Waals surface area contributed by atoms with Crippen molar-refractivity contribution in [2.45, 2.75) is 175 Å². The first-order valence-corrected chi connectivity index (χ1v) is 18.7. The quantitative estimate of drug-likeness (QED) is 0.0453. The number of phosphoric ester groups is 1. The largest absolute Gasteiger partial charge is 0.472 e. The van der Waals surface area contributed by atoms with Gasteiger partial charge in [-0.15, -0.1) is 0 Å². The summed E-state index contributed by atoms with van der Waals surface area (Å²) in [6.45, 7) is 10.1. The number of nitrogens with one attached hydrogen (secondary N) is 1. The lowest BCUT2D eigenvalue weighted by atomic mass is 10.1. The zero-order valence-electron chi connectivity index (χ0n) is 28.3. The molecule has 0 bridgehead atoms. The second kappa shape index (κ2) is 27.3. The molecule has 0 saturated heterocycles. The van der Waals surface area contributed by atoms with Crippen LogP contribution in [0.4, 0.5) is 0 Å². The molecule has 0 saturated carbocycles. The Morgan fingerprint density at radius 1 is 0.674 bits per heavy atom. The zero-order chi connectivity index (χ0) is 32.2. The van der Waals surface area contributed by atoms with E-state index in [-0.39, 0.29) is 37.6 Å². The van der Waals surface area contributed by atoms with Crippen LogP contribution >= 0.6 is 7.82 Å². The molecule has 2 atom stereocenters. The van der Waals surface area contributed by atoms with Gasteiger partial charge in [0.05, 0.1) is 13.2 Å². The lowest BCUT2D eigenvalue weighted by Gasteiger charge is -2.22. The van der Waals surface area contributed by atoms with E-state index in [4.69, 9.17) is 18.5 Å². The van der Waals surface area contributed by atoms with Crippen molar-refractivity contribution in [3.8, 4) is 0 Å². The second-order valence-corrected chi connectivity index (χ2v) is 14.2. The van der Waals surface area contributed by atoms with Crippen LogP contribution in [0.2, 0.25) is 0 Å². The van der Waals surface area contributed by atoms with Gasteiger partial charge in [-0.1, -0.05) is 117 Å². The van der Waals surface area contributed by atoms with Gasteiger partial charge >= 0.3 is 19.8 Å². The Morgan fingerprint density at radius 3 is 1.58 bits per heavy atom. The zero-order valence-corrected chi connectivity index (χ0v) is 29.2. The van der Waals surface area contributed by atoms with Crippen molar-refractivity contribution < 1.29 is 37.6 Å². The fourth-order valence-electron chi connectivity index (χ4n) is 4.58. The molecule has 0 heterocycles. The van der Waals surface area contributed by atoms with Crippen LogP contribution in [0.1, 0.15) is 163 Å². The molecule has 0 amide bonds. The highest BCUT2D eigenvalue weighted by Gasteiger charge is 2.26. The summed E-state index contributed by atoms with van der Waals surface area (Å²) in [5, 5.41) is 3.16. The Bertz CT molecular complexity index is 728. The standard InChI is InChI=1S/C33H66NO8P/c1-6-8-10-12-14-16-18-20-22-24-31(35)39-28-30(29-41-43(37,38)40-27-26-34-33(3,4)5)42-32(36)25-23-21-19-17-15-13-11-9-7-2/h30,34H,6-29H2,1-5H3,(H,37,38). The van der Waals surface area contributed by atoms with Crippen LogP contribution in [0.3, 0.4) is 0 Å². The van der Waals surface area contributed by atoms with Gasteiger partial charge in [-0.05, 0) is 33.6 Å². The summed E-state index contributed by atoms with van der Waals surface area (Å²) in [6.07, 6.45) is 20.1. The van der Waals surface area contributed by atoms with E-state index in [1.54, 1.807) is 0 Å². The highest BCUT2D eigenvalue weighted by atomic mass is 31.2. The topological polar surface area (TPSA) is 120 Å². The Morgan fingerprint density at radius 2 is 1.12 bits per heavy atom. The van der Waals surface area contributed by atoms with Crippen molar-refractivity contribution in [1.82, 2.24) is 5.32 Å². The van der Waals surface area contributed by atoms with Crippen molar-refractivity contribution in [3.63, 3.8) is 0 Å². The first-order valence-electron chi connectivity index (χ1n) is 17.2. The van der Waals surface area contributed by atoms with Gasteiger partial charge < -0.3 is 19.7 Å². The summed E-state index contributed by atoms with van der Waals surface area (Å²) in [4.78, 5) is 34.9. The van der Waals surface area contributed by atoms with Gasteiger partial charge in [-0.3, -0.25) is 18.6 Å². The summed E-state index contributed by atoms with van der Waals surface area (Å²) in [5.74, 6) is -0.811. The van der Waals surface area contributed by atoms with Crippen LogP contribution < -0.4 is 5.32 Å². The summed E-state index contributed by atoms with van der Waals surface area (Å²) >= 11 is 0. The molecule has 0 aliphatic rings. The van der Waals surface area contributed by atoms with E-state index < -0.39 is 26.5 Å². The van der Waals surface area contributed by atoms with Crippen LogP contribution in [-0.2, 0) is 32.7 Å². The van der Waals surface area contributed by atoms with Crippen molar-refractivity contribution in [2.75, 3.05) is 26.4 Å². The molecule has 0 fully saturated rings. The van der Waals surface area contributed by atoms with Gasteiger partial charge in [-0.25, -0.2) is 4.57 Å². The van der Waals surface area contributed by atoms with Crippen LogP contribution in [0, 0.1) is 0 Å². The highest BCUT2D eigenvalue weighted by molar-refractivity contribution is 7.47. The summed E-state index contributed by atoms with van der Waals surface area (Å²) in [7, 11) is -4.37. The van der Waals surface area contributed by atoms with E-state index in [0.29, 0.717) is 13.0 Å². The molecular formula is C33H66NO8P. The number of phosphoric acid groups is 1. The third-order valence-electron chi connectivity index (χ3n) is 7.13. The van der Waals surface area contributed by atoms with Gasteiger partial charge in [0.1, 0.15) is 6.61 Å². The summed E-state index contributed by atoms with van der Waals surface area (Å²) in [5.41, 5.74) is -0.157. The minimum absolute atomic E-state index is 0.0260. The minimum atomic E-state index is -4.37. The van der Waals surface area contributed by atoms with Gasteiger partial charge in [0.15, 0.2) is 6.10 Å². The van der Waals surface area contributed by atoms with E-state index in [1.165, 1.54) is 77.0 Å². The van der Waals surface area contributed by atoms with Gasteiger partial charge in [0.2, 0.25) is 0 Å².